The third-order valence-corrected chi connectivity index (χ3v) is 4.01. The Morgan fingerprint density at radius 2 is 2.04 bits per heavy atom. The molecule has 126 valence electrons. The van der Waals surface area contributed by atoms with Crippen LogP contribution in [0.2, 0.25) is 10.0 Å². The maximum atomic E-state index is 12.0. The lowest BCUT2D eigenvalue weighted by molar-refractivity contribution is -0.118. The molecule has 24 heavy (non-hydrogen) atoms. The summed E-state index contributed by atoms with van der Waals surface area (Å²) in [5, 5.41) is 3.32. The smallest absolute Gasteiger partial charge is 0.262 e. The van der Waals surface area contributed by atoms with Crippen LogP contribution in [-0.4, -0.2) is 19.6 Å². The number of amides is 1. The minimum absolute atomic E-state index is 0.181. The third-order valence-electron chi connectivity index (χ3n) is 3.19. The average molecular weight is 366 g/mol. The van der Waals surface area contributed by atoms with E-state index in [1.165, 1.54) is 0 Å². The number of allylic oxidation sites excluding steroid dienone is 1. The van der Waals surface area contributed by atoms with E-state index >= 15 is 0 Å². The molecule has 0 aliphatic rings. The van der Waals surface area contributed by atoms with Crippen LogP contribution in [0, 0.1) is 0 Å². The number of hydrogen-bond acceptors (Lipinski definition) is 3. The molecule has 1 amide bonds. The number of carbonyl (C=O) groups excluding carboxylic acids is 1. The van der Waals surface area contributed by atoms with Crippen LogP contribution in [0.25, 0.3) is 0 Å². The third kappa shape index (κ3) is 4.66. The highest BCUT2D eigenvalue weighted by molar-refractivity contribution is 6.43. The molecule has 0 saturated carbocycles. The molecule has 0 aromatic heterocycles. The van der Waals surface area contributed by atoms with E-state index in [9.17, 15) is 4.79 Å². The Morgan fingerprint density at radius 3 is 2.75 bits per heavy atom. The second-order valence-electron chi connectivity index (χ2n) is 4.92. The van der Waals surface area contributed by atoms with Gasteiger partial charge in [0, 0.05) is 0 Å². The monoisotopic (exact) mass is 365 g/mol. The molecule has 2 aromatic carbocycles. The number of benzene rings is 2. The number of halogens is 2. The Labute approximate surface area is 151 Å². The normalized spacial score (nSPS) is 10.1. The van der Waals surface area contributed by atoms with Crippen molar-refractivity contribution in [3.8, 4) is 11.5 Å². The first kappa shape index (κ1) is 18.2. The topological polar surface area (TPSA) is 47.6 Å². The molecule has 2 rings (SSSR count). The van der Waals surface area contributed by atoms with Gasteiger partial charge in [-0.25, -0.2) is 0 Å². The molecule has 0 aliphatic heterocycles. The summed E-state index contributed by atoms with van der Waals surface area (Å²) in [4.78, 5) is 12.0. The van der Waals surface area contributed by atoms with Crippen LogP contribution in [0.3, 0.4) is 0 Å². The highest BCUT2D eigenvalue weighted by Crippen LogP contribution is 2.30. The van der Waals surface area contributed by atoms with Gasteiger partial charge in [0.15, 0.2) is 18.1 Å². The molecule has 6 heteroatoms. The summed E-state index contributed by atoms with van der Waals surface area (Å²) in [5.74, 6) is 0.692. The number of anilines is 1. The molecule has 4 nitrogen and oxygen atoms in total. The largest absolute Gasteiger partial charge is 0.493 e. The van der Waals surface area contributed by atoms with Gasteiger partial charge in [0.05, 0.1) is 22.8 Å². The first-order valence-corrected chi connectivity index (χ1v) is 7.95. The number of methoxy groups -OCH3 is 1. The molecule has 0 unspecified atom stereocenters. The van der Waals surface area contributed by atoms with Crippen LogP contribution in [-0.2, 0) is 11.2 Å². The zero-order valence-corrected chi connectivity index (χ0v) is 14.7. The van der Waals surface area contributed by atoms with E-state index in [1.807, 2.05) is 12.1 Å². The predicted octanol–water partition coefficient (Wildman–Crippen LogP) is 4.75. The van der Waals surface area contributed by atoms with Gasteiger partial charge < -0.3 is 14.8 Å². The zero-order valence-electron chi connectivity index (χ0n) is 13.1. The number of carbonyl (C=O) groups is 1. The number of hydrogen-bond donors (Lipinski definition) is 1. The van der Waals surface area contributed by atoms with Crippen molar-refractivity contribution in [2.75, 3.05) is 19.0 Å². The van der Waals surface area contributed by atoms with Crippen molar-refractivity contribution >= 4 is 34.8 Å². The van der Waals surface area contributed by atoms with Crippen molar-refractivity contribution in [3.05, 3.63) is 64.7 Å². The fraction of sp³-hybridized carbons (Fsp3) is 0.167. The van der Waals surface area contributed by atoms with Crippen molar-refractivity contribution in [1.29, 1.82) is 0 Å². The second kappa shape index (κ2) is 8.62. The van der Waals surface area contributed by atoms with Gasteiger partial charge in [-0.1, -0.05) is 41.4 Å². The van der Waals surface area contributed by atoms with E-state index in [1.54, 1.807) is 37.5 Å². The highest BCUT2D eigenvalue weighted by Gasteiger charge is 2.11. The van der Waals surface area contributed by atoms with Crippen molar-refractivity contribution in [3.63, 3.8) is 0 Å². The maximum absolute atomic E-state index is 12.0. The zero-order chi connectivity index (χ0) is 17.5. The summed E-state index contributed by atoms with van der Waals surface area (Å²) in [6.45, 7) is 3.52. The molecule has 0 radical (unpaired) electrons. The van der Waals surface area contributed by atoms with E-state index in [-0.39, 0.29) is 12.5 Å². The quantitative estimate of drug-likeness (QED) is 0.720. The molecular formula is C18H17Cl2NO3. The average Bonchev–Trinajstić information content (AvgIpc) is 2.58. The van der Waals surface area contributed by atoms with Gasteiger partial charge in [0.25, 0.3) is 5.91 Å². The summed E-state index contributed by atoms with van der Waals surface area (Å²) in [6.07, 6.45) is 2.53. The molecule has 0 fully saturated rings. The first-order valence-electron chi connectivity index (χ1n) is 7.19. The predicted molar refractivity (Wildman–Crippen MR) is 97.5 cm³/mol. The van der Waals surface area contributed by atoms with Crippen molar-refractivity contribution in [2.24, 2.45) is 0 Å². The Balaban J connectivity index is 2.01. The van der Waals surface area contributed by atoms with Crippen molar-refractivity contribution in [1.82, 2.24) is 0 Å². The van der Waals surface area contributed by atoms with E-state index in [4.69, 9.17) is 32.7 Å². The van der Waals surface area contributed by atoms with Gasteiger partial charge in [-0.3, -0.25) is 4.79 Å². The van der Waals surface area contributed by atoms with Crippen LogP contribution in [0.1, 0.15) is 5.56 Å². The molecule has 0 spiro atoms. The molecule has 0 aliphatic carbocycles. The van der Waals surface area contributed by atoms with Gasteiger partial charge in [-0.2, -0.15) is 0 Å². The number of rotatable bonds is 7. The summed E-state index contributed by atoms with van der Waals surface area (Å²) >= 11 is 11.9. The van der Waals surface area contributed by atoms with Crippen molar-refractivity contribution < 1.29 is 14.3 Å². The SMILES string of the molecule is C=CCc1ccc(OCC(=O)Nc2cccc(Cl)c2Cl)c(OC)c1. The van der Waals surface area contributed by atoms with Gasteiger partial charge >= 0.3 is 0 Å². The minimum Gasteiger partial charge on any atom is -0.493 e. The fourth-order valence-electron chi connectivity index (χ4n) is 2.05. The van der Waals surface area contributed by atoms with Crippen LogP contribution >= 0.6 is 23.2 Å². The van der Waals surface area contributed by atoms with Crippen LogP contribution < -0.4 is 14.8 Å². The maximum Gasteiger partial charge on any atom is 0.262 e. The molecule has 0 saturated heterocycles. The lowest BCUT2D eigenvalue weighted by Crippen LogP contribution is -2.20. The summed E-state index contributed by atoms with van der Waals surface area (Å²) < 4.78 is 10.8. The standard InChI is InChI=1S/C18H17Cl2NO3/c1-3-5-12-8-9-15(16(10-12)23-2)24-11-17(22)21-14-7-4-6-13(19)18(14)20/h3-4,6-10H,1,5,11H2,2H3,(H,21,22). The second-order valence-corrected chi connectivity index (χ2v) is 5.70. The van der Waals surface area contributed by atoms with Gasteiger partial charge in [0.1, 0.15) is 0 Å². The minimum atomic E-state index is -0.351. The molecule has 2 aromatic rings. The Kier molecular flexibility index (Phi) is 6.53. The van der Waals surface area contributed by atoms with E-state index in [0.29, 0.717) is 27.2 Å². The Bertz CT molecular complexity index is 747. The van der Waals surface area contributed by atoms with Crippen molar-refractivity contribution in [2.45, 2.75) is 6.42 Å². The summed E-state index contributed by atoms with van der Waals surface area (Å²) in [7, 11) is 1.55. The Morgan fingerprint density at radius 1 is 1.25 bits per heavy atom. The van der Waals surface area contributed by atoms with E-state index < -0.39 is 0 Å². The first-order chi connectivity index (χ1) is 11.5. The van der Waals surface area contributed by atoms with Gasteiger partial charge in [-0.15, -0.1) is 6.58 Å². The van der Waals surface area contributed by atoms with Crippen LogP contribution in [0.15, 0.2) is 49.1 Å². The molecular weight excluding hydrogens is 349 g/mol. The van der Waals surface area contributed by atoms with Crippen LogP contribution in [0.5, 0.6) is 11.5 Å². The number of nitrogens with one attached hydrogen (secondary N) is 1. The highest BCUT2D eigenvalue weighted by atomic mass is 35.5. The molecule has 0 bridgehead atoms. The Hall–Kier alpha value is -2.17. The lowest BCUT2D eigenvalue weighted by atomic mass is 10.1. The molecule has 1 N–H and O–H groups in total. The fourth-order valence-corrected chi connectivity index (χ4v) is 2.40. The molecule has 0 atom stereocenters. The lowest BCUT2D eigenvalue weighted by Gasteiger charge is -2.12. The summed E-state index contributed by atoms with van der Waals surface area (Å²) in [5.41, 5.74) is 1.48. The number of ether oxygens (including phenoxy) is 2. The van der Waals surface area contributed by atoms with E-state index in [2.05, 4.69) is 11.9 Å². The van der Waals surface area contributed by atoms with E-state index in [0.717, 1.165) is 12.0 Å². The van der Waals surface area contributed by atoms with Crippen LogP contribution in [0.4, 0.5) is 5.69 Å². The van der Waals surface area contributed by atoms with Gasteiger partial charge in [0.2, 0.25) is 0 Å². The van der Waals surface area contributed by atoms with Gasteiger partial charge in [-0.05, 0) is 36.2 Å². The molecule has 0 heterocycles. The summed E-state index contributed by atoms with van der Waals surface area (Å²) in [6, 6.07) is 10.5.